The van der Waals surface area contributed by atoms with Crippen molar-refractivity contribution in [3.63, 3.8) is 0 Å². The zero-order valence-corrected chi connectivity index (χ0v) is 12.5. The summed E-state index contributed by atoms with van der Waals surface area (Å²) in [6.07, 6.45) is 2.81. The summed E-state index contributed by atoms with van der Waals surface area (Å²) in [5, 5.41) is 0. The molecule has 1 aromatic carbocycles. The molecule has 0 saturated heterocycles. The number of aryl methyl sites for hydroxylation is 1. The van der Waals surface area contributed by atoms with Crippen molar-refractivity contribution in [2.75, 3.05) is 11.9 Å². The molecule has 0 radical (unpaired) electrons. The Morgan fingerprint density at radius 3 is 2.55 bits per heavy atom. The molecule has 0 saturated carbocycles. The van der Waals surface area contributed by atoms with Crippen molar-refractivity contribution in [1.29, 1.82) is 0 Å². The Hall–Kier alpha value is -1.87. The Kier molecular flexibility index (Phi) is 4.74. The third-order valence-electron chi connectivity index (χ3n) is 3.70. The lowest BCUT2D eigenvalue weighted by atomic mass is 10.1. The summed E-state index contributed by atoms with van der Waals surface area (Å²) in [7, 11) is 2.09. The zero-order chi connectivity index (χ0) is 14.5. The fraction of sp³-hybridized carbons (Fsp3) is 0.353. The van der Waals surface area contributed by atoms with Crippen LogP contribution in [0.2, 0.25) is 0 Å². The van der Waals surface area contributed by atoms with E-state index < -0.39 is 0 Å². The van der Waals surface area contributed by atoms with Gasteiger partial charge in [0.1, 0.15) is 0 Å². The van der Waals surface area contributed by atoms with Gasteiger partial charge in [0.15, 0.2) is 0 Å². The Balaban J connectivity index is 2.10. The topological polar surface area (TPSA) is 42.1 Å². The quantitative estimate of drug-likeness (QED) is 0.904. The second-order valence-corrected chi connectivity index (χ2v) is 5.24. The first-order valence-electron chi connectivity index (χ1n) is 7.09. The molecule has 0 fully saturated rings. The van der Waals surface area contributed by atoms with E-state index >= 15 is 0 Å². The number of aromatic nitrogens is 1. The van der Waals surface area contributed by atoms with Crippen molar-refractivity contribution in [1.82, 2.24) is 4.98 Å². The normalized spacial score (nSPS) is 12.2. The van der Waals surface area contributed by atoms with Crippen LogP contribution in [-0.4, -0.2) is 12.0 Å². The van der Waals surface area contributed by atoms with Crippen LogP contribution in [0.25, 0.3) is 0 Å². The Morgan fingerprint density at radius 1 is 1.20 bits per heavy atom. The SMILES string of the molecule is CCC(N)c1ccc(N(C)Cc2ccccc2C)cn1. The molecular formula is C17H23N3. The summed E-state index contributed by atoms with van der Waals surface area (Å²) in [6.45, 7) is 5.10. The maximum absolute atomic E-state index is 5.99. The molecule has 1 atom stereocenters. The zero-order valence-electron chi connectivity index (χ0n) is 12.5. The summed E-state index contributed by atoms with van der Waals surface area (Å²) in [5.74, 6) is 0. The maximum Gasteiger partial charge on any atom is 0.0572 e. The van der Waals surface area contributed by atoms with Gasteiger partial charge in [-0.2, -0.15) is 0 Å². The van der Waals surface area contributed by atoms with Crippen LogP contribution in [0.15, 0.2) is 42.6 Å². The first-order chi connectivity index (χ1) is 9.61. The summed E-state index contributed by atoms with van der Waals surface area (Å²) in [5.41, 5.74) is 10.7. The number of rotatable bonds is 5. The van der Waals surface area contributed by atoms with Crippen molar-refractivity contribution >= 4 is 5.69 Å². The minimum atomic E-state index is 0.0331. The Labute approximate surface area is 121 Å². The molecule has 0 aliphatic heterocycles. The first-order valence-corrected chi connectivity index (χ1v) is 7.09. The van der Waals surface area contributed by atoms with Gasteiger partial charge in [-0.3, -0.25) is 4.98 Å². The van der Waals surface area contributed by atoms with Gasteiger partial charge < -0.3 is 10.6 Å². The predicted octanol–water partition coefficient (Wildman–Crippen LogP) is 3.44. The number of pyridine rings is 1. The number of nitrogens with two attached hydrogens (primary N) is 1. The highest BCUT2D eigenvalue weighted by molar-refractivity contribution is 5.45. The lowest BCUT2D eigenvalue weighted by molar-refractivity contribution is 0.675. The van der Waals surface area contributed by atoms with Crippen molar-refractivity contribution in [3.8, 4) is 0 Å². The van der Waals surface area contributed by atoms with Gasteiger partial charge >= 0.3 is 0 Å². The van der Waals surface area contributed by atoms with Gasteiger partial charge in [-0.25, -0.2) is 0 Å². The summed E-state index contributed by atoms with van der Waals surface area (Å²) in [6, 6.07) is 12.6. The molecule has 0 aliphatic carbocycles. The van der Waals surface area contributed by atoms with Crippen LogP contribution in [0, 0.1) is 6.92 Å². The molecule has 2 aromatic rings. The van der Waals surface area contributed by atoms with E-state index in [-0.39, 0.29) is 6.04 Å². The smallest absolute Gasteiger partial charge is 0.0572 e. The Morgan fingerprint density at radius 2 is 1.95 bits per heavy atom. The van der Waals surface area contributed by atoms with E-state index in [2.05, 4.69) is 61.1 Å². The van der Waals surface area contributed by atoms with E-state index in [0.717, 1.165) is 24.3 Å². The van der Waals surface area contributed by atoms with E-state index in [1.165, 1.54) is 11.1 Å². The highest BCUT2D eigenvalue weighted by Gasteiger charge is 2.07. The molecule has 3 nitrogen and oxygen atoms in total. The number of hydrogen-bond acceptors (Lipinski definition) is 3. The molecule has 0 aliphatic rings. The summed E-state index contributed by atoms with van der Waals surface area (Å²) >= 11 is 0. The van der Waals surface area contributed by atoms with Crippen LogP contribution in [0.3, 0.4) is 0 Å². The first kappa shape index (κ1) is 14.5. The standard InChI is InChI=1S/C17H23N3/c1-4-16(18)17-10-9-15(11-19-17)20(3)12-14-8-6-5-7-13(14)2/h5-11,16H,4,12,18H2,1-3H3. The van der Waals surface area contributed by atoms with E-state index in [4.69, 9.17) is 5.73 Å². The molecule has 20 heavy (non-hydrogen) atoms. The second kappa shape index (κ2) is 6.53. The van der Waals surface area contributed by atoms with Crippen LogP contribution < -0.4 is 10.6 Å². The number of hydrogen-bond donors (Lipinski definition) is 1. The minimum Gasteiger partial charge on any atom is -0.369 e. The maximum atomic E-state index is 5.99. The number of nitrogens with zero attached hydrogens (tertiary/aromatic N) is 2. The molecule has 3 heteroatoms. The molecule has 0 bridgehead atoms. The predicted molar refractivity (Wildman–Crippen MR) is 84.7 cm³/mol. The summed E-state index contributed by atoms with van der Waals surface area (Å²) in [4.78, 5) is 6.67. The van der Waals surface area contributed by atoms with E-state index in [9.17, 15) is 0 Å². The summed E-state index contributed by atoms with van der Waals surface area (Å²) < 4.78 is 0. The van der Waals surface area contributed by atoms with Crippen LogP contribution in [0.5, 0.6) is 0 Å². The minimum absolute atomic E-state index is 0.0331. The Bertz CT molecular complexity index is 548. The molecule has 0 spiro atoms. The van der Waals surface area contributed by atoms with E-state index in [1.54, 1.807) is 0 Å². The largest absolute Gasteiger partial charge is 0.369 e. The molecule has 1 heterocycles. The van der Waals surface area contributed by atoms with Gasteiger partial charge in [-0.15, -0.1) is 0 Å². The highest BCUT2D eigenvalue weighted by atomic mass is 15.1. The van der Waals surface area contributed by atoms with Crippen molar-refractivity contribution in [2.24, 2.45) is 5.73 Å². The molecule has 1 unspecified atom stereocenters. The molecule has 2 rings (SSSR count). The fourth-order valence-corrected chi connectivity index (χ4v) is 2.19. The lowest BCUT2D eigenvalue weighted by Crippen LogP contribution is -2.18. The van der Waals surface area contributed by atoms with E-state index in [1.807, 2.05) is 12.3 Å². The third kappa shape index (κ3) is 3.36. The third-order valence-corrected chi connectivity index (χ3v) is 3.70. The van der Waals surface area contributed by atoms with Crippen LogP contribution in [-0.2, 0) is 6.54 Å². The average molecular weight is 269 g/mol. The molecule has 0 amide bonds. The fourth-order valence-electron chi connectivity index (χ4n) is 2.19. The number of anilines is 1. The molecular weight excluding hydrogens is 246 g/mol. The lowest BCUT2D eigenvalue weighted by Gasteiger charge is -2.21. The average Bonchev–Trinajstić information content (AvgIpc) is 2.49. The van der Waals surface area contributed by atoms with Crippen LogP contribution >= 0.6 is 0 Å². The van der Waals surface area contributed by atoms with Gasteiger partial charge in [-0.1, -0.05) is 31.2 Å². The van der Waals surface area contributed by atoms with Gasteiger partial charge in [0.2, 0.25) is 0 Å². The highest BCUT2D eigenvalue weighted by Crippen LogP contribution is 2.19. The van der Waals surface area contributed by atoms with Crippen molar-refractivity contribution < 1.29 is 0 Å². The van der Waals surface area contributed by atoms with Crippen LogP contribution in [0.1, 0.15) is 36.2 Å². The van der Waals surface area contributed by atoms with Gasteiger partial charge in [0, 0.05) is 19.6 Å². The van der Waals surface area contributed by atoms with Crippen molar-refractivity contribution in [3.05, 3.63) is 59.4 Å². The van der Waals surface area contributed by atoms with E-state index in [0.29, 0.717) is 0 Å². The molecule has 2 N–H and O–H groups in total. The molecule has 106 valence electrons. The van der Waals surface area contributed by atoms with Gasteiger partial charge in [-0.05, 0) is 36.6 Å². The van der Waals surface area contributed by atoms with Crippen molar-refractivity contribution in [2.45, 2.75) is 32.9 Å². The number of benzene rings is 1. The van der Waals surface area contributed by atoms with Crippen LogP contribution in [0.4, 0.5) is 5.69 Å². The van der Waals surface area contributed by atoms with Gasteiger partial charge in [0.25, 0.3) is 0 Å². The second-order valence-electron chi connectivity index (χ2n) is 5.24. The monoisotopic (exact) mass is 269 g/mol. The molecule has 1 aromatic heterocycles. The van der Waals surface area contributed by atoms with Gasteiger partial charge in [0.05, 0.1) is 17.6 Å².